The van der Waals surface area contributed by atoms with Gasteiger partial charge in [0.25, 0.3) is 0 Å². The number of hydrogen-bond acceptors (Lipinski definition) is 6. The topological polar surface area (TPSA) is 97.4 Å². The number of rotatable bonds is 4. The summed E-state index contributed by atoms with van der Waals surface area (Å²) in [6, 6.07) is 15.0. The minimum Gasteiger partial charge on any atom is -0.350 e. The summed E-state index contributed by atoms with van der Waals surface area (Å²) in [6.45, 7) is 3.87. The van der Waals surface area contributed by atoms with Crippen LogP contribution in [-0.4, -0.2) is 60.0 Å². The summed E-state index contributed by atoms with van der Waals surface area (Å²) in [5.41, 5.74) is 2.29. The summed E-state index contributed by atoms with van der Waals surface area (Å²) in [5.74, 6) is 0.538. The predicted molar refractivity (Wildman–Crippen MR) is 119 cm³/mol. The first kappa shape index (κ1) is 21.3. The number of H-pyrrole nitrogens is 1. The molecule has 0 radical (unpaired) electrons. The molecule has 0 amide bonds. The van der Waals surface area contributed by atoms with Gasteiger partial charge in [0.15, 0.2) is 17.4 Å². The van der Waals surface area contributed by atoms with Gasteiger partial charge in [0.05, 0.1) is 18.1 Å². The zero-order valence-electron chi connectivity index (χ0n) is 18.0. The van der Waals surface area contributed by atoms with Crippen molar-refractivity contribution in [3.8, 4) is 22.8 Å². The Morgan fingerprint density at radius 3 is 2.28 bits per heavy atom. The molecular weight excluding hydrogens is 428 g/mol. The van der Waals surface area contributed by atoms with E-state index in [1.165, 1.54) is 4.31 Å². The van der Waals surface area contributed by atoms with E-state index in [-0.39, 0.29) is 4.90 Å². The van der Waals surface area contributed by atoms with Crippen molar-refractivity contribution in [1.82, 2.24) is 19.5 Å². The third-order valence-electron chi connectivity index (χ3n) is 6.12. The van der Waals surface area contributed by atoms with Crippen LogP contribution < -0.4 is 0 Å². The van der Waals surface area contributed by atoms with E-state index in [0.717, 1.165) is 12.0 Å². The fourth-order valence-electron chi connectivity index (χ4n) is 4.26. The Labute approximate surface area is 187 Å². The van der Waals surface area contributed by atoms with Gasteiger partial charge in [-0.1, -0.05) is 42.5 Å². The number of ether oxygens (including phenoxy) is 2. The first-order chi connectivity index (χ1) is 15.5. The molecule has 32 heavy (non-hydrogen) atoms. The SMILES string of the molecule is Cc1ccc(-c2nnc(-c3ccccc3)[nH]2)cc1S(=O)(=O)N1CCC2(CC1)OCCCO2. The van der Waals surface area contributed by atoms with Gasteiger partial charge < -0.3 is 14.5 Å². The van der Waals surface area contributed by atoms with Gasteiger partial charge in [-0.2, -0.15) is 4.31 Å². The lowest BCUT2D eigenvalue weighted by molar-refractivity contribution is -0.280. The Balaban J connectivity index is 1.40. The summed E-state index contributed by atoms with van der Waals surface area (Å²) in [7, 11) is -3.66. The molecular formula is C23H26N4O4S. The van der Waals surface area contributed by atoms with E-state index >= 15 is 0 Å². The van der Waals surface area contributed by atoms with E-state index in [0.29, 0.717) is 61.9 Å². The van der Waals surface area contributed by atoms with E-state index in [9.17, 15) is 8.42 Å². The van der Waals surface area contributed by atoms with Crippen molar-refractivity contribution in [1.29, 1.82) is 0 Å². The minimum absolute atomic E-state index is 0.286. The van der Waals surface area contributed by atoms with E-state index in [4.69, 9.17) is 9.47 Å². The van der Waals surface area contributed by atoms with E-state index < -0.39 is 15.8 Å². The summed E-state index contributed by atoms with van der Waals surface area (Å²) >= 11 is 0. The van der Waals surface area contributed by atoms with Gasteiger partial charge in [0.2, 0.25) is 10.0 Å². The highest BCUT2D eigenvalue weighted by atomic mass is 32.2. The monoisotopic (exact) mass is 454 g/mol. The molecule has 1 aromatic heterocycles. The molecule has 2 aromatic carbocycles. The molecule has 0 aliphatic carbocycles. The minimum atomic E-state index is -3.66. The van der Waals surface area contributed by atoms with Crippen LogP contribution in [0.4, 0.5) is 0 Å². The second-order valence-electron chi connectivity index (χ2n) is 8.23. The van der Waals surface area contributed by atoms with Crippen LogP contribution in [0.25, 0.3) is 22.8 Å². The van der Waals surface area contributed by atoms with Crippen LogP contribution in [0.5, 0.6) is 0 Å². The third kappa shape index (κ3) is 3.97. The molecule has 8 nitrogen and oxygen atoms in total. The fraction of sp³-hybridized carbons (Fsp3) is 0.391. The average molecular weight is 455 g/mol. The number of nitrogens with zero attached hydrogens (tertiary/aromatic N) is 3. The van der Waals surface area contributed by atoms with Crippen molar-refractivity contribution in [2.45, 2.75) is 36.9 Å². The molecule has 2 aliphatic heterocycles. The van der Waals surface area contributed by atoms with E-state index in [1.54, 1.807) is 6.07 Å². The molecule has 1 N–H and O–H groups in total. The molecule has 3 aromatic rings. The van der Waals surface area contributed by atoms with Crippen molar-refractivity contribution in [2.75, 3.05) is 26.3 Å². The maximum atomic E-state index is 13.5. The number of nitrogens with one attached hydrogen (secondary N) is 1. The standard InChI is InChI=1S/C23H26N4O4S/c1-17-8-9-19(22-24-21(25-26-22)18-6-3-2-4-7-18)16-20(17)32(28,29)27-12-10-23(11-13-27)30-14-5-15-31-23/h2-4,6-9,16H,5,10-15H2,1H3,(H,24,25,26). The number of sulfonamides is 1. The number of piperidine rings is 1. The molecule has 168 valence electrons. The van der Waals surface area contributed by atoms with Gasteiger partial charge in [-0.3, -0.25) is 0 Å². The Morgan fingerprint density at radius 1 is 0.938 bits per heavy atom. The number of aromatic amines is 1. The zero-order valence-corrected chi connectivity index (χ0v) is 18.8. The first-order valence-corrected chi connectivity index (χ1v) is 12.3. The van der Waals surface area contributed by atoms with Crippen molar-refractivity contribution in [2.24, 2.45) is 0 Å². The number of aryl methyl sites for hydroxylation is 1. The molecule has 2 aliphatic rings. The van der Waals surface area contributed by atoms with Crippen LogP contribution in [0.2, 0.25) is 0 Å². The highest BCUT2D eigenvalue weighted by Crippen LogP contribution is 2.34. The number of aromatic nitrogens is 3. The molecule has 1 spiro atoms. The smallest absolute Gasteiger partial charge is 0.243 e. The average Bonchev–Trinajstić information content (AvgIpc) is 3.31. The molecule has 9 heteroatoms. The van der Waals surface area contributed by atoms with Gasteiger partial charge in [-0.15, -0.1) is 10.2 Å². The van der Waals surface area contributed by atoms with Crippen LogP contribution in [-0.2, 0) is 19.5 Å². The first-order valence-electron chi connectivity index (χ1n) is 10.8. The second kappa shape index (κ2) is 8.40. The highest BCUT2D eigenvalue weighted by Gasteiger charge is 2.41. The Hall–Kier alpha value is -2.59. The van der Waals surface area contributed by atoms with E-state index in [1.807, 2.05) is 49.4 Å². The van der Waals surface area contributed by atoms with Crippen LogP contribution in [0.3, 0.4) is 0 Å². The van der Waals surface area contributed by atoms with Crippen LogP contribution in [0.1, 0.15) is 24.8 Å². The van der Waals surface area contributed by atoms with E-state index in [2.05, 4.69) is 15.2 Å². The number of benzene rings is 2. The van der Waals surface area contributed by atoms with Crippen LogP contribution in [0.15, 0.2) is 53.4 Å². The normalized spacial score (nSPS) is 19.3. The zero-order chi connectivity index (χ0) is 22.2. The third-order valence-corrected chi connectivity index (χ3v) is 8.16. The fourth-order valence-corrected chi connectivity index (χ4v) is 5.95. The second-order valence-corrected chi connectivity index (χ2v) is 10.1. The van der Waals surface area contributed by atoms with Crippen LogP contribution in [0, 0.1) is 6.92 Å². The van der Waals surface area contributed by atoms with Gasteiger partial charge in [-0.05, 0) is 25.0 Å². The summed E-state index contributed by atoms with van der Waals surface area (Å²) in [4.78, 5) is 3.48. The van der Waals surface area contributed by atoms with Crippen molar-refractivity contribution in [3.05, 3.63) is 54.1 Å². The number of hydrogen-bond donors (Lipinski definition) is 1. The van der Waals surface area contributed by atoms with Crippen molar-refractivity contribution >= 4 is 10.0 Å². The quantitative estimate of drug-likeness (QED) is 0.649. The molecule has 0 atom stereocenters. The summed E-state index contributed by atoms with van der Waals surface area (Å²) < 4.78 is 40.2. The molecule has 0 saturated carbocycles. The lowest BCUT2D eigenvalue weighted by Crippen LogP contribution is -2.51. The summed E-state index contributed by atoms with van der Waals surface area (Å²) in [6.07, 6.45) is 1.95. The maximum absolute atomic E-state index is 13.5. The lowest BCUT2D eigenvalue weighted by atomic mass is 10.0. The molecule has 5 rings (SSSR count). The largest absolute Gasteiger partial charge is 0.350 e. The Morgan fingerprint density at radius 2 is 1.59 bits per heavy atom. The van der Waals surface area contributed by atoms with Gasteiger partial charge >= 0.3 is 0 Å². The van der Waals surface area contributed by atoms with Crippen molar-refractivity contribution in [3.63, 3.8) is 0 Å². The predicted octanol–water partition coefficient (Wildman–Crippen LogP) is 3.36. The molecule has 2 fully saturated rings. The summed E-state index contributed by atoms with van der Waals surface area (Å²) in [5, 5.41) is 8.46. The Kier molecular flexibility index (Phi) is 5.58. The van der Waals surface area contributed by atoms with Gasteiger partial charge in [0, 0.05) is 37.1 Å². The van der Waals surface area contributed by atoms with Crippen molar-refractivity contribution < 1.29 is 17.9 Å². The molecule has 2 saturated heterocycles. The molecule has 0 bridgehead atoms. The highest BCUT2D eigenvalue weighted by molar-refractivity contribution is 7.89. The lowest BCUT2D eigenvalue weighted by Gasteiger charge is -2.42. The molecule has 3 heterocycles. The van der Waals surface area contributed by atoms with Crippen LogP contribution >= 0.6 is 0 Å². The molecule has 0 unspecified atom stereocenters. The Bertz CT molecular complexity index is 1190. The van der Waals surface area contributed by atoms with Gasteiger partial charge in [0.1, 0.15) is 0 Å². The maximum Gasteiger partial charge on any atom is 0.243 e. The van der Waals surface area contributed by atoms with Gasteiger partial charge in [-0.25, -0.2) is 8.42 Å².